The van der Waals surface area contributed by atoms with E-state index in [1.165, 1.54) is 18.9 Å². The van der Waals surface area contributed by atoms with Gasteiger partial charge < -0.3 is 4.74 Å². The Balaban J connectivity index is 2.54. The average molecular weight is 265 g/mol. The van der Waals surface area contributed by atoms with Crippen molar-refractivity contribution in [2.75, 3.05) is 19.5 Å². The molecule has 5 heteroatoms. The third-order valence-corrected chi connectivity index (χ3v) is 3.38. The molecule has 0 aliphatic heterocycles. The largest absolute Gasteiger partial charge is 0.377 e. The molecule has 2 nitrogen and oxygen atoms in total. The second-order valence-corrected chi connectivity index (χ2v) is 4.70. The maximum absolute atomic E-state index is 11.2. The van der Waals surface area contributed by atoms with Gasteiger partial charge in [-0.05, 0) is 18.2 Å². The lowest BCUT2D eigenvalue weighted by Crippen LogP contribution is -2.08. The molecule has 0 aliphatic rings. The summed E-state index contributed by atoms with van der Waals surface area (Å²) < 4.78 is 4.72. The Morgan fingerprint density at radius 3 is 2.80 bits per heavy atom. The third-order valence-electron chi connectivity index (χ3n) is 1.59. The minimum Gasteiger partial charge on any atom is -0.377 e. The van der Waals surface area contributed by atoms with Crippen molar-refractivity contribution in [2.45, 2.75) is 4.90 Å². The molecule has 0 N–H and O–H groups in total. The van der Waals surface area contributed by atoms with Crippen molar-refractivity contribution >= 4 is 40.7 Å². The SMILES string of the molecule is COCC(=O)CSc1ccc(Cl)cc1Cl. The van der Waals surface area contributed by atoms with Gasteiger partial charge in [0.15, 0.2) is 5.78 Å². The van der Waals surface area contributed by atoms with Crippen molar-refractivity contribution < 1.29 is 9.53 Å². The first-order valence-electron chi connectivity index (χ1n) is 4.22. The van der Waals surface area contributed by atoms with E-state index < -0.39 is 0 Å². The number of hydrogen-bond donors (Lipinski definition) is 0. The number of carbonyl (C=O) groups is 1. The Labute approximate surface area is 103 Å². The van der Waals surface area contributed by atoms with Crippen molar-refractivity contribution in [1.29, 1.82) is 0 Å². The molecular formula is C10H10Cl2O2S. The zero-order chi connectivity index (χ0) is 11.3. The minimum absolute atomic E-state index is 0.0357. The van der Waals surface area contributed by atoms with Crippen molar-refractivity contribution in [1.82, 2.24) is 0 Å². The fourth-order valence-electron chi connectivity index (χ4n) is 0.953. The molecule has 0 radical (unpaired) electrons. The summed E-state index contributed by atoms with van der Waals surface area (Å²) in [6.07, 6.45) is 0. The minimum atomic E-state index is 0.0357. The van der Waals surface area contributed by atoms with Crippen LogP contribution in [0.25, 0.3) is 0 Å². The Hall–Kier alpha value is -0.220. The molecule has 0 unspecified atom stereocenters. The van der Waals surface area contributed by atoms with E-state index in [-0.39, 0.29) is 12.4 Å². The van der Waals surface area contributed by atoms with Gasteiger partial charge >= 0.3 is 0 Å². The van der Waals surface area contributed by atoms with E-state index in [1.54, 1.807) is 18.2 Å². The molecule has 0 spiro atoms. The number of ketones is 1. The lowest BCUT2D eigenvalue weighted by Gasteiger charge is -2.03. The molecule has 1 rings (SSSR count). The number of carbonyl (C=O) groups excluding carboxylic acids is 1. The highest BCUT2D eigenvalue weighted by atomic mass is 35.5. The van der Waals surface area contributed by atoms with Gasteiger partial charge in [0.25, 0.3) is 0 Å². The number of methoxy groups -OCH3 is 1. The second kappa shape index (κ2) is 6.38. The summed E-state index contributed by atoms with van der Waals surface area (Å²) in [5.41, 5.74) is 0. The van der Waals surface area contributed by atoms with Gasteiger partial charge in [0, 0.05) is 17.0 Å². The lowest BCUT2D eigenvalue weighted by atomic mass is 10.4. The lowest BCUT2D eigenvalue weighted by molar-refractivity contribution is -0.120. The predicted octanol–water partition coefficient (Wildman–Crippen LogP) is 3.30. The molecule has 0 bridgehead atoms. The van der Waals surface area contributed by atoms with Gasteiger partial charge in [-0.15, -0.1) is 11.8 Å². The molecule has 82 valence electrons. The molecule has 1 aromatic carbocycles. The average Bonchev–Trinajstić information content (AvgIpc) is 2.17. The normalized spacial score (nSPS) is 10.3. The van der Waals surface area contributed by atoms with Gasteiger partial charge in [-0.3, -0.25) is 4.79 Å². The monoisotopic (exact) mass is 264 g/mol. The van der Waals surface area contributed by atoms with E-state index in [0.29, 0.717) is 15.8 Å². The second-order valence-electron chi connectivity index (χ2n) is 2.84. The zero-order valence-electron chi connectivity index (χ0n) is 8.13. The van der Waals surface area contributed by atoms with Gasteiger partial charge in [-0.1, -0.05) is 23.2 Å². The summed E-state index contributed by atoms with van der Waals surface area (Å²) >= 11 is 13.1. The maximum Gasteiger partial charge on any atom is 0.168 e. The first-order chi connectivity index (χ1) is 7.13. The molecule has 0 aliphatic carbocycles. The molecule has 0 saturated carbocycles. The number of benzene rings is 1. The molecule has 0 heterocycles. The molecule has 0 fully saturated rings. The highest BCUT2D eigenvalue weighted by molar-refractivity contribution is 8.00. The fraction of sp³-hybridized carbons (Fsp3) is 0.300. The van der Waals surface area contributed by atoms with E-state index in [1.807, 2.05) is 0 Å². The molecule has 0 saturated heterocycles. The van der Waals surface area contributed by atoms with E-state index >= 15 is 0 Å². The van der Waals surface area contributed by atoms with Crippen LogP contribution in [0.15, 0.2) is 23.1 Å². The smallest absolute Gasteiger partial charge is 0.168 e. The van der Waals surface area contributed by atoms with E-state index in [9.17, 15) is 4.79 Å². The summed E-state index contributed by atoms with van der Waals surface area (Å²) in [6, 6.07) is 5.21. The highest BCUT2D eigenvalue weighted by Gasteiger charge is 2.05. The van der Waals surface area contributed by atoms with Gasteiger partial charge in [-0.25, -0.2) is 0 Å². The van der Waals surface area contributed by atoms with E-state index in [4.69, 9.17) is 27.9 Å². The van der Waals surface area contributed by atoms with Crippen LogP contribution in [0.3, 0.4) is 0 Å². The summed E-state index contributed by atoms with van der Waals surface area (Å²) in [6.45, 7) is 0.137. The number of hydrogen-bond acceptors (Lipinski definition) is 3. The van der Waals surface area contributed by atoms with Gasteiger partial charge in [-0.2, -0.15) is 0 Å². The number of thioether (sulfide) groups is 1. The van der Waals surface area contributed by atoms with Crippen LogP contribution in [-0.2, 0) is 9.53 Å². The van der Waals surface area contributed by atoms with Crippen LogP contribution in [-0.4, -0.2) is 25.3 Å². The molecule has 0 aromatic heterocycles. The molecule has 1 aromatic rings. The fourth-order valence-corrected chi connectivity index (χ4v) is 2.29. The molecule has 0 amide bonds. The van der Waals surface area contributed by atoms with Crippen LogP contribution in [0.5, 0.6) is 0 Å². The quantitative estimate of drug-likeness (QED) is 0.764. The van der Waals surface area contributed by atoms with Gasteiger partial charge in [0.05, 0.1) is 10.8 Å². The van der Waals surface area contributed by atoms with Crippen LogP contribution in [0.2, 0.25) is 10.0 Å². The third kappa shape index (κ3) is 4.43. The zero-order valence-corrected chi connectivity index (χ0v) is 10.5. The Morgan fingerprint density at radius 1 is 1.47 bits per heavy atom. The van der Waals surface area contributed by atoms with Gasteiger partial charge in [0.2, 0.25) is 0 Å². The predicted molar refractivity (Wildman–Crippen MR) is 64.1 cm³/mol. The molecule has 0 atom stereocenters. The Bertz CT molecular complexity index is 355. The van der Waals surface area contributed by atoms with Crippen molar-refractivity contribution in [3.63, 3.8) is 0 Å². The van der Waals surface area contributed by atoms with Crippen LogP contribution < -0.4 is 0 Å². The molecule has 15 heavy (non-hydrogen) atoms. The highest BCUT2D eigenvalue weighted by Crippen LogP contribution is 2.29. The maximum atomic E-state index is 11.2. The summed E-state index contributed by atoms with van der Waals surface area (Å²) in [5.74, 6) is 0.392. The van der Waals surface area contributed by atoms with Crippen LogP contribution >= 0.6 is 35.0 Å². The topological polar surface area (TPSA) is 26.3 Å². The van der Waals surface area contributed by atoms with E-state index in [2.05, 4.69) is 0 Å². The first kappa shape index (κ1) is 12.8. The Kier molecular flexibility index (Phi) is 5.47. The van der Waals surface area contributed by atoms with Crippen LogP contribution in [0.1, 0.15) is 0 Å². The van der Waals surface area contributed by atoms with Crippen LogP contribution in [0, 0.1) is 0 Å². The van der Waals surface area contributed by atoms with Crippen molar-refractivity contribution in [2.24, 2.45) is 0 Å². The number of Topliss-reactive ketones (excluding diaryl/α,β-unsaturated/α-hetero) is 1. The summed E-state index contributed by atoms with van der Waals surface area (Å²) in [5, 5.41) is 1.16. The number of ether oxygens (including phenoxy) is 1. The first-order valence-corrected chi connectivity index (χ1v) is 5.96. The molecular weight excluding hydrogens is 255 g/mol. The van der Waals surface area contributed by atoms with Crippen molar-refractivity contribution in [3.8, 4) is 0 Å². The van der Waals surface area contributed by atoms with E-state index in [0.717, 1.165) is 4.90 Å². The summed E-state index contributed by atoms with van der Waals surface area (Å²) in [7, 11) is 1.50. The standard InChI is InChI=1S/C10H10Cl2O2S/c1-14-5-8(13)6-15-10-3-2-7(11)4-9(10)12/h2-4H,5-6H2,1H3. The van der Waals surface area contributed by atoms with Crippen molar-refractivity contribution in [3.05, 3.63) is 28.2 Å². The number of rotatable bonds is 5. The summed E-state index contributed by atoms with van der Waals surface area (Å²) in [4.78, 5) is 12.0. The van der Waals surface area contributed by atoms with Crippen LogP contribution in [0.4, 0.5) is 0 Å². The van der Waals surface area contributed by atoms with Gasteiger partial charge in [0.1, 0.15) is 6.61 Å². The Morgan fingerprint density at radius 2 is 2.20 bits per heavy atom. The number of halogens is 2.